The Kier molecular flexibility index (Phi) is 4.66. The van der Waals surface area contributed by atoms with Crippen LogP contribution in [0.3, 0.4) is 0 Å². The Morgan fingerprint density at radius 2 is 2.05 bits per heavy atom. The Bertz CT molecular complexity index is 395. The van der Waals surface area contributed by atoms with Gasteiger partial charge in [0.05, 0.1) is 0 Å². The molecule has 2 unspecified atom stereocenters. The number of nitrogens with one attached hydrogen (secondary N) is 1. The minimum atomic E-state index is -0.811. The second-order valence-corrected chi connectivity index (χ2v) is 7.81. The fourth-order valence-corrected chi connectivity index (χ4v) is 3.26. The molecule has 0 bridgehead atoms. The summed E-state index contributed by atoms with van der Waals surface area (Å²) in [6.45, 7) is 11.6. The quantitative estimate of drug-likeness (QED) is 0.776. The third-order valence-corrected chi connectivity index (χ3v) is 5.25. The second kappa shape index (κ2) is 5.86. The molecule has 1 aliphatic carbocycles. The van der Waals surface area contributed by atoms with Crippen molar-refractivity contribution in [2.24, 2.45) is 0 Å². The number of piperazine rings is 1. The monoisotopic (exact) mass is 297 g/mol. The summed E-state index contributed by atoms with van der Waals surface area (Å²) in [7, 11) is 2.16. The Labute approximate surface area is 128 Å². The van der Waals surface area contributed by atoms with Gasteiger partial charge in [-0.05, 0) is 54.0 Å². The fourth-order valence-electron chi connectivity index (χ4n) is 3.26. The van der Waals surface area contributed by atoms with Crippen LogP contribution in [-0.4, -0.2) is 70.7 Å². The first-order valence-corrected chi connectivity index (χ1v) is 8.10. The lowest BCUT2D eigenvalue weighted by molar-refractivity contribution is -0.145. The fraction of sp³-hybridized carbons (Fsp3) is 0.938. The molecule has 5 heteroatoms. The molecule has 2 rings (SSSR count). The van der Waals surface area contributed by atoms with Crippen molar-refractivity contribution < 1.29 is 9.90 Å². The van der Waals surface area contributed by atoms with E-state index in [9.17, 15) is 9.90 Å². The van der Waals surface area contributed by atoms with Gasteiger partial charge in [0.1, 0.15) is 5.54 Å². The van der Waals surface area contributed by atoms with E-state index in [1.54, 1.807) is 0 Å². The lowest BCUT2D eigenvalue weighted by Gasteiger charge is -2.48. The smallest absolute Gasteiger partial charge is 0.323 e. The highest BCUT2D eigenvalue weighted by Crippen LogP contribution is 2.28. The highest BCUT2D eigenvalue weighted by molar-refractivity contribution is 5.78. The van der Waals surface area contributed by atoms with Gasteiger partial charge in [-0.15, -0.1) is 0 Å². The van der Waals surface area contributed by atoms with Gasteiger partial charge in [0.2, 0.25) is 0 Å². The molecule has 2 atom stereocenters. The zero-order valence-electron chi connectivity index (χ0n) is 14.1. The van der Waals surface area contributed by atoms with E-state index in [0.717, 1.165) is 32.5 Å². The van der Waals surface area contributed by atoms with Crippen LogP contribution < -0.4 is 5.32 Å². The molecule has 2 aliphatic rings. The number of hydrogen-bond acceptors (Lipinski definition) is 4. The summed E-state index contributed by atoms with van der Waals surface area (Å²) in [5, 5.41) is 12.9. The number of nitrogens with zero attached hydrogens (tertiary/aromatic N) is 2. The molecule has 0 aromatic rings. The van der Waals surface area contributed by atoms with E-state index in [2.05, 4.69) is 42.9 Å². The Hall–Kier alpha value is -0.650. The summed E-state index contributed by atoms with van der Waals surface area (Å²) in [5.41, 5.74) is -0.663. The van der Waals surface area contributed by atoms with Crippen LogP contribution >= 0.6 is 0 Å². The number of carbonyl (C=O) groups is 1. The third kappa shape index (κ3) is 3.96. The predicted molar refractivity (Wildman–Crippen MR) is 84.6 cm³/mol. The van der Waals surface area contributed by atoms with Gasteiger partial charge in [0.25, 0.3) is 0 Å². The van der Waals surface area contributed by atoms with Gasteiger partial charge in [-0.2, -0.15) is 0 Å². The molecule has 2 N–H and O–H groups in total. The molecular formula is C16H31N3O2. The molecule has 0 spiro atoms. The Morgan fingerprint density at radius 1 is 1.43 bits per heavy atom. The Balaban J connectivity index is 1.98. The van der Waals surface area contributed by atoms with Gasteiger partial charge in [0.15, 0.2) is 0 Å². The molecule has 21 heavy (non-hydrogen) atoms. The van der Waals surface area contributed by atoms with Crippen LogP contribution in [0.2, 0.25) is 0 Å². The molecular weight excluding hydrogens is 266 g/mol. The molecule has 5 nitrogen and oxygen atoms in total. The summed E-state index contributed by atoms with van der Waals surface area (Å²) >= 11 is 0. The van der Waals surface area contributed by atoms with Crippen molar-refractivity contribution >= 4 is 5.97 Å². The first-order valence-electron chi connectivity index (χ1n) is 8.10. The number of carboxylic acid groups (broad SMARTS) is 1. The van der Waals surface area contributed by atoms with Crippen LogP contribution in [-0.2, 0) is 4.79 Å². The minimum absolute atomic E-state index is 0.149. The average molecular weight is 297 g/mol. The average Bonchev–Trinajstić information content (AvgIpc) is 3.15. The maximum Gasteiger partial charge on any atom is 0.323 e. The molecule has 0 radical (unpaired) electrons. The summed E-state index contributed by atoms with van der Waals surface area (Å²) < 4.78 is 0. The van der Waals surface area contributed by atoms with Crippen molar-refractivity contribution in [3.05, 3.63) is 0 Å². The molecule has 1 saturated carbocycles. The summed E-state index contributed by atoms with van der Waals surface area (Å²) in [6, 6.07) is 0.674. The largest absolute Gasteiger partial charge is 0.480 e. The normalized spacial score (nSPS) is 28.0. The minimum Gasteiger partial charge on any atom is -0.480 e. The van der Waals surface area contributed by atoms with Crippen LogP contribution in [0.5, 0.6) is 0 Å². The van der Waals surface area contributed by atoms with Crippen molar-refractivity contribution in [1.29, 1.82) is 0 Å². The van der Waals surface area contributed by atoms with Crippen LogP contribution in [0.1, 0.15) is 47.0 Å². The van der Waals surface area contributed by atoms with E-state index >= 15 is 0 Å². The molecule has 0 amide bonds. The van der Waals surface area contributed by atoms with Crippen molar-refractivity contribution in [2.45, 2.75) is 70.1 Å². The predicted octanol–water partition coefficient (Wildman–Crippen LogP) is 1.39. The Morgan fingerprint density at radius 3 is 2.52 bits per heavy atom. The van der Waals surface area contributed by atoms with Gasteiger partial charge in [-0.3, -0.25) is 19.9 Å². The first-order chi connectivity index (χ1) is 9.64. The summed E-state index contributed by atoms with van der Waals surface area (Å²) in [4.78, 5) is 16.5. The summed E-state index contributed by atoms with van der Waals surface area (Å²) in [5.74, 6) is -0.727. The molecule has 2 fully saturated rings. The number of likely N-dealkylation sites (N-methyl/N-ethyl adjacent to an activating group) is 1. The van der Waals surface area contributed by atoms with Crippen molar-refractivity contribution in [3.8, 4) is 0 Å². The standard InChI is InChI=1S/C16H31N3O2/c1-12(19-9-8-18(5)15(2,3)11-19)10-16(4,14(20)21)17-13-6-7-13/h12-13,17H,6-11H2,1-5H3,(H,20,21). The van der Waals surface area contributed by atoms with Gasteiger partial charge in [0, 0.05) is 37.3 Å². The third-order valence-electron chi connectivity index (χ3n) is 5.25. The van der Waals surface area contributed by atoms with Gasteiger partial charge < -0.3 is 5.11 Å². The maximum absolute atomic E-state index is 11.7. The zero-order chi connectivity index (χ0) is 15.8. The lowest BCUT2D eigenvalue weighted by Crippen LogP contribution is -2.61. The van der Waals surface area contributed by atoms with Gasteiger partial charge in [-0.1, -0.05) is 0 Å². The van der Waals surface area contributed by atoms with E-state index in [0.29, 0.717) is 12.5 Å². The molecule has 1 aliphatic heterocycles. The first kappa shape index (κ1) is 16.7. The topological polar surface area (TPSA) is 55.8 Å². The van der Waals surface area contributed by atoms with E-state index in [4.69, 9.17) is 0 Å². The molecule has 0 aromatic heterocycles. The van der Waals surface area contributed by atoms with E-state index in [1.807, 2.05) is 6.92 Å². The van der Waals surface area contributed by atoms with E-state index in [-0.39, 0.29) is 11.6 Å². The number of carboxylic acids is 1. The highest BCUT2D eigenvalue weighted by atomic mass is 16.4. The molecule has 1 saturated heterocycles. The van der Waals surface area contributed by atoms with Crippen molar-refractivity contribution in [3.63, 3.8) is 0 Å². The van der Waals surface area contributed by atoms with Gasteiger partial charge >= 0.3 is 5.97 Å². The maximum atomic E-state index is 11.7. The van der Waals surface area contributed by atoms with Gasteiger partial charge in [-0.25, -0.2) is 0 Å². The van der Waals surface area contributed by atoms with Crippen molar-refractivity contribution in [2.75, 3.05) is 26.7 Å². The zero-order valence-corrected chi connectivity index (χ0v) is 14.1. The van der Waals surface area contributed by atoms with Crippen LogP contribution in [0.25, 0.3) is 0 Å². The molecule has 1 heterocycles. The van der Waals surface area contributed by atoms with E-state index < -0.39 is 11.5 Å². The van der Waals surface area contributed by atoms with Crippen LogP contribution in [0, 0.1) is 0 Å². The number of rotatable bonds is 6. The summed E-state index contributed by atoms with van der Waals surface area (Å²) in [6.07, 6.45) is 2.87. The highest BCUT2D eigenvalue weighted by Gasteiger charge is 2.41. The number of hydrogen-bond donors (Lipinski definition) is 2. The number of aliphatic carboxylic acids is 1. The SMILES string of the molecule is CC(CC(C)(NC1CC1)C(=O)O)N1CCN(C)C(C)(C)C1. The lowest BCUT2D eigenvalue weighted by atomic mass is 9.90. The van der Waals surface area contributed by atoms with Crippen LogP contribution in [0.15, 0.2) is 0 Å². The van der Waals surface area contributed by atoms with Crippen LogP contribution in [0.4, 0.5) is 0 Å². The van der Waals surface area contributed by atoms with Crippen molar-refractivity contribution in [1.82, 2.24) is 15.1 Å². The molecule has 0 aromatic carbocycles. The van der Waals surface area contributed by atoms with E-state index in [1.165, 1.54) is 0 Å². The second-order valence-electron chi connectivity index (χ2n) is 7.81. The molecule has 122 valence electrons.